The Bertz CT molecular complexity index is 698. The van der Waals surface area contributed by atoms with Gasteiger partial charge in [0, 0.05) is 26.9 Å². The predicted octanol–water partition coefficient (Wildman–Crippen LogP) is 6.26. The van der Waals surface area contributed by atoms with Crippen LogP contribution in [-0.2, 0) is 4.79 Å². The standard InChI is InChI=1S/C16H12Cl3NO.C2H6/c1-10(12-4-2-3-5-14(12)19)13-8-11(18)6-7-15(13)20-16(21)9-17;1-2/h2-8H,1,9H2,(H,20,21);1-2H3. The highest BCUT2D eigenvalue weighted by atomic mass is 35.5. The van der Waals surface area contributed by atoms with Gasteiger partial charge in [-0.05, 0) is 29.8 Å². The van der Waals surface area contributed by atoms with E-state index in [1.807, 2.05) is 32.0 Å². The Morgan fingerprint density at radius 1 is 1.09 bits per heavy atom. The molecule has 0 atom stereocenters. The summed E-state index contributed by atoms with van der Waals surface area (Å²) in [4.78, 5) is 11.5. The molecule has 2 aromatic carbocycles. The number of hydrogen-bond donors (Lipinski definition) is 1. The minimum atomic E-state index is -0.299. The summed E-state index contributed by atoms with van der Waals surface area (Å²) in [5.74, 6) is -0.423. The topological polar surface area (TPSA) is 29.1 Å². The second kappa shape index (κ2) is 9.61. The van der Waals surface area contributed by atoms with Crippen LogP contribution in [-0.4, -0.2) is 11.8 Å². The summed E-state index contributed by atoms with van der Waals surface area (Å²) in [7, 11) is 0. The first-order chi connectivity index (χ1) is 11.0. The highest BCUT2D eigenvalue weighted by molar-refractivity contribution is 6.33. The smallest absolute Gasteiger partial charge is 0.239 e. The Morgan fingerprint density at radius 3 is 2.35 bits per heavy atom. The lowest BCUT2D eigenvalue weighted by Crippen LogP contribution is -2.14. The first-order valence-electron chi connectivity index (χ1n) is 7.12. The molecule has 0 spiro atoms. The number of nitrogens with one attached hydrogen (secondary N) is 1. The van der Waals surface area contributed by atoms with E-state index in [2.05, 4.69) is 11.9 Å². The van der Waals surface area contributed by atoms with Crippen molar-refractivity contribution in [3.8, 4) is 0 Å². The van der Waals surface area contributed by atoms with E-state index in [4.69, 9.17) is 34.8 Å². The quantitative estimate of drug-likeness (QED) is 0.632. The number of hydrogen-bond acceptors (Lipinski definition) is 1. The number of halogens is 3. The number of carbonyl (C=O) groups is 1. The van der Waals surface area contributed by atoms with Crippen molar-refractivity contribution in [1.82, 2.24) is 0 Å². The third-order valence-corrected chi connectivity index (χ3v) is 3.71. The fraction of sp³-hybridized carbons (Fsp3) is 0.167. The van der Waals surface area contributed by atoms with Crippen molar-refractivity contribution >= 4 is 52.0 Å². The molecular formula is C18H18Cl3NO. The van der Waals surface area contributed by atoms with Gasteiger partial charge in [-0.1, -0.05) is 61.8 Å². The van der Waals surface area contributed by atoms with Gasteiger partial charge in [0.15, 0.2) is 0 Å². The molecule has 0 bridgehead atoms. The lowest BCUT2D eigenvalue weighted by atomic mass is 9.98. The summed E-state index contributed by atoms with van der Waals surface area (Å²) in [5.41, 5.74) is 2.75. The maximum absolute atomic E-state index is 11.5. The van der Waals surface area contributed by atoms with Crippen molar-refractivity contribution in [3.05, 3.63) is 70.2 Å². The highest BCUT2D eigenvalue weighted by Crippen LogP contribution is 2.33. The molecule has 0 unspecified atom stereocenters. The van der Waals surface area contributed by atoms with Gasteiger partial charge >= 0.3 is 0 Å². The lowest BCUT2D eigenvalue weighted by molar-refractivity contribution is -0.113. The Hall–Kier alpha value is -1.48. The first-order valence-corrected chi connectivity index (χ1v) is 8.41. The summed E-state index contributed by atoms with van der Waals surface area (Å²) >= 11 is 17.8. The zero-order valence-corrected chi connectivity index (χ0v) is 15.3. The number of benzene rings is 2. The molecule has 2 nitrogen and oxygen atoms in total. The second-order valence-corrected chi connectivity index (χ2v) is 5.44. The van der Waals surface area contributed by atoms with Gasteiger partial charge in [0.1, 0.15) is 5.88 Å². The van der Waals surface area contributed by atoms with E-state index < -0.39 is 0 Å². The highest BCUT2D eigenvalue weighted by Gasteiger charge is 2.13. The SMILES string of the molecule is C=C(c1ccccc1Cl)c1cc(Cl)ccc1NC(=O)CCl.CC. The average molecular weight is 371 g/mol. The summed E-state index contributed by atoms with van der Waals surface area (Å²) in [5, 5.41) is 3.85. The Labute approximate surface area is 152 Å². The molecular weight excluding hydrogens is 353 g/mol. The van der Waals surface area contributed by atoms with E-state index in [-0.39, 0.29) is 11.8 Å². The molecule has 2 rings (SSSR count). The predicted molar refractivity (Wildman–Crippen MR) is 102 cm³/mol. The monoisotopic (exact) mass is 369 g/mol. The maximum Gasteiger partial charge on any atom is 0.239 e. The van der Waals surface area contributed by atoms with Crippen LogP contribution in [0.1, 0.15) is 25.0 Å². The largest absolute Gasteiger partial charge is 0.324 e. The molecule has 0 saturated heterocycles. The fourth-order valence-electron chi connectivity index (χ4n) is 1.91. The van der Waals surface area contributed by atoms with Gasteiger partial charge in [-0.15, -0.1) is 11.6 Å². The van der Waals surface area contributed by atoms with Crippen molar-refractivity contribution in [3.63, 3.8) is 0 Å². The number of anilines is 1. The maximum atomic E-state index is 11.5. The molecule has 0 heterocycles. The van der Waals surface area contributed by atoms with Crippen molar-refractivity contribution in [2.24, 2.45) is 0 Å². The molecule has 1 amide bonds. The number of carbonyl (C=O) groups excluding carboxylic acids is 1. The van der Waals surface area contributed by atoms with E-state index in [9.17, 15) is 4.79 Å². The molecule has 122 valence electrons. The molecule has 0 radical (unpaired) electrons. The van der Waals surface area contributed by atoms with Gasteiger partial charge in [-0.25, -0.2) is 0 Å². The fourth-order valence-corrected chi connectivity index (χ4v) is 2.40. The minimum Gasteiger partial charge on any atom is -0.324 e. The van der Waals surface area contributed by atoms with Crippen LogP contribution in [0.4, 0.5) is 5.69 Å². The Balaban J connectivity index is 0.00000127. The number of rotatable bonds is 4. The van der Waals surface area contributed by atoms with Gasteiger partial charge in [0.2, 0.25) is 5.91 Å². The van der Waals surface area contributed by atoms with Gasteiger partial charge in [-0.2, -0.15) is 0 Å². The third kappa shape index (κ3) is 5.28. The molecule has 1 N–H and O–H groups in total. The first kappa shape index (κ1) is 19.6. The summed E-state index contributed by atoms with van der Waals surface area (Å²) < 4.78 is 0. The van der Waals surface area contributed by atoms with E-state index in [1.165, 1.54) is 0 Å². The average Bonchev–Trinajstić information content (AvgIpc) is 2.58. The summed E-state index contributed by atoms with van der Waals surface area (Å²) in [6, 6.07) is 12.5. The zero-order valence-electron chi connectivity index (χ0n) is 13.0. The Kier molecular flexibility index (Phi) is 8.18. The van der Waals surface area contributed by atoms with Crippen LogP contribution in [0.3, 0.4) is 0 Å². The van der Waals surface area contributed by atoms with Crippen LogP contribution >= 0.6 is 34.8 Å². The van der Waals surface area contributed by atoms with Crippen LogP contribution in [0.2, 0.25) is 10.0 Å². The molecule has 0 aromatic heterocycles. The lowest BCUT2D eigenvalue weighted by Gasteiger charge is -2.14. The zero-order chi connectivity index (χ0) is 17.4. The van der Waals surface area contributed by atoms with Gasteiger partial charge in [-0.3, -0.25) is 4.79 Å². The van der Waals surface area contributed by atoms with Gasteiger partial charge in [0.25, 0.3) is 0 Å². The molecule has 0 aliphatic rings. The van der Waals surface area contributed by atoms with Crippen molar-refractivity contribution in [1.29, 1.82) is 0 Å². The van der Waals surface area contributed by atoms with Gasteiger partial charge < -0.3 is 5.32 Å². The molecule has 0 saturated carbocycles. The van der Waals surface area contributed by atoms with Crippen molar-refractivity contribution in [2.75, 3.05) is 11.2 Å². The molecule has 0 fully saturated rings. The van der Waals surface area contributed by atoms with Crippen LogP contribution in [0.5, 0.6) is 0 Å². The summed E-state index contributed by atoms with van der Waals surface area (Å²) in [6.45, 7) is 8.06. The van der Waals surface area contributed by atoms with Crippen molar-refractivity contribution in [2.45, 2.75) is 13.8 Å². The molecule has 5 heteroatoms. The minimum absolute atomic E-state index is 0.124. The summed E-state index contributed by atoms with van der Waals surface area (Å²) in [6.07, 6.45) is 0. The van der Waals surface area contributed by atoms with Crippen molar-refractivity contribution < 1.29 is 4.79 Å². The van der Waals surface area contributed by atoms with Crippen LogP contribution in [0.25, 0.3) is 5.57 Å². The molecule has 23 heavy (non-hydrogen) atoms. The molecule has 2 aromatic rings. The van der Waals surface area contributed by atoms with E-state index in [0.29, 0.717) is 26.9 Å². The third-order valence-electron chi connectivity index (χ3n) is 2.90. The Morgan fingerprint density at radius 2 is 1.74 bits per heavy atom. The number of alkyl halides is 1. The number of amides is 1. The van der Waals surface area contributed by atoms with E-state index in [1.54, 1.807) is 24.3 Å². The van der Waals surface area contributed by atoms with Gasteiger partial charge in [0.05, 0.1) is 0 Å². The molecule has 0 aliphatic carbocycles. The van der Waals surface area contributed by atoms with E-state index in [0.717, 1.165) is 5.56 Å². The van der Waals surface area contributed by atoms with Crippen LogP contribution in [0.15, 0.2) is 49.0 Å². The van der Waals surface area contributed by atoms with Crippen LogP contribution in [0, 0.1) is 0 Å². The molecule has 0 aliphatic heterocycles. The second-order valence-electron chi connectivity index (χ2n) is 4.33. The van der Waals surface area contributed by atoms with Crippen LogP contribution < -0.4 is 5.32 Å². The normalized spacial score (nSPS) is 9.61. The van der Waals surface area contributed by atoms with E-state index >= 15 is 0 Å².